The van der Waals surface area contributed by atoms with Crippen LogP contribution in [0.1, 0.15) is 36.8 Å². The van der Waals surface area contributed by atoms with Gasteiger partial charge in [0.05, 0.1) is 19.3 Å². The van der Waals surface area contributed by atoms with Crippen LogP contribution in [-0.2, 0) is 9.47 Å². The highest BCUT2D eigenvalue weighted by Crippen LogP contribution is 2.33. The van der Waals surface area contributed by atoms with E-state index in [1.807, 2.05) is 13.8 Å². The summed E-state index contributed by atoms with van der Waals surface area (Å²) in [6.07, 6.45) is 0.736. The number of aliphatic imine (C=N–C) groups is 1. The lowest BCUT2D eigenvalue weighted by atomic mass is 10.1. The van der Waals surface area contributed by atoms with Gasteiger partial charge in [-0.15, -0.1) is 11.3 Å². The van der Waals surface area contributed by atoms with Crippen LogP contribution in [0.5, 0.6) is 0 Å². The molecule has 0 fully saturated rings. The smallest absolute Gasteiger partial charge is 0.186 e. The van der Waals surface area contributed by atoms with Gasteiger partial charge in [-0.1, -0.05) is 0 Å². The summed E-state index contributed by atoms with van der Waals surface area (Å²) in [7, 11) is 0. The summed E-state index contributed by atoms with van der Waals surface area (Å²) >= 11 is 1.66. The van der Waals surface area contributed by atoms with Crippen LogP contribution in [0.4, 0.5) is 0 Å². The summed E-state index contributed by atoms with van der Waals surface area (Å²) in [5.74, 6) is 0.691. The van der Waals surface area contributed by atoms with Crippen molar-refractivity contribution in [3.05, 3.63) is 21.9 Å². The fourth-order valence-electron chi connectivity index (χ4n) is 2.00. The molecule has 1 aromatic rings. The van der Waals surface area contributed by atoms with Crippen LogP contribution >= 0.6 is 11.3 Å². The van der Waals surface area contributed by atoms with Crippen LogP contribution in [0.3, 0.4) is 0 Å². The molecule has 0 radical (unpaired) electrons. The van der Waals surface area contributed by atoms with Crippen molar-refractivity contribution in [2.75, 3.05) is 13.2 Å². The molecule has 0 saturated heterocycles. The molecular weight excluding hydrogens is 262 g/mol. The Labute approximate surface area is 118 Å². The molecule has 0 amide bonds. The van der Waals surface area contributed by atoms with Crippen molar-refractivity contribution in [3.8, 4) is 0 Å². The molecule has 1 aromatic heterocycles. The van der Waals surface area contributed by atoms with Crippen LogP contribution < -0.4 is 0 Å². The third-order valence-electron chi connectivity index (χ3n) is 2.91. The minimum atomic E-state index is -0.188. The van der Waals surface area contributed by atoms with Crippen LogP contribution in [0.2, 0.25) is 0 Å². The lowest BCUT2D eigenvalue weighted by molar-refractivity contribution is 0.0796. The Hall–Kier alpha value is -0.910. The molecule has 2 heterocycles. The molecule has 0 saturated carbocycles. The number of nitrogens with zero attached hydrogens (tertiary/aromatic N) is 1. The zero-order chi connectivity index (χ0) is 13.8. The van der Waals surface area contributed by atoms with Gasteiger partial charge in [-0.2, -0.15) is 0 Å². The number of rotatable bonds is 6. The van der Waals surface area contributed by atoms with Gasteiger partial charge in [0.15, 0.2) is 12.0 Å². The van der Waals surface area contributed by atoms with E-state index in [1.54, 1.807) is 11.3 Å². The van der Waals surface area contributed by atoms with Gasteiger partial charge in [0.1, 0.15) is 6.04 Å². The molecule has 4 nitrogen and oxygen atoms in total. The number of hydrogen-bond donors (Lipinski definition) is 1. The van der Waals surface area contributed by atoms with Crippen LogP contribution in [0.15, 0.2) is 16.4 Å². The van der Waals surface area contributed by atoms with E-state index in [2.05, 4.69) is 23.4 Å². The van der Waals surface area contributed by atoms with Gasteiger partial charge in [-0.3, -0.25) is 0 Å². The highest BCUT2D eigenvalue weighted by Gasteiger charge is 2.32. The molecule has 0 unspecified atom stereocenters. The van der Waals surface area contributed by atoms with E-state index in [4.69, 9.17) is 9.47 Å². The molecule has 1 N–H and O–H groups in total. The lowest BCUT2D eigenvalue weighted by Gasteiger charge is -2.14. The fraction of sp³-hybridized carbons (Fsp3) is 0.643. The van der Waals surface area contributed by atoms with Crippen LogP contribution in [0, 0.1) is 6.92 Å². The normalized spacial score (nSPS) is 22.7. The van der Waals surface area contributed by atoms with E-state index in [1.165, 1.54) is 5.56 Å². The van der Waals surface area contributed by atoms with Crippen molar-refractivity contribution in [3.63, 3.8) is 0 Å². The molecule has 1 aliphatic heterocycles. The van der Waals surface area contributed by atoms with E-state index in [0.717, 1.165) is 4.88 Å². The van der Waals surface area contributed by atoms with Gasteiger partial charge in [-0.25, -0.2) is 4.99 Å². The minimum absolute atomic E-state index is 0.0101. The maximum atomic E-state index is 9.42. The van der Waals surface area contributed by atoms with Crippen molar-refractivity contribution in [2.45, 2.75) is 45.4 Å². The van der Waals surface area contributed by atoms with Crippen molar-refractivity contribution >= 4 is 17.2 Å². The number of thiophene rings is 1. The second-order valence-electron chi connectivity index (χ2n) is 5.01. The summed E-state index contributed by atoms with van der Waals surface area (Å²) in [4.78, 5) is 5.57. The SMILES string of the molecule is Cc1csc([C@@H]2OC(CCOC(C)C)=N[C@@H]2CO)c1. The van der Waals surface area contributed by atoms with E-state index < -0.39 is 0 Å². The molecule has 19 heavy (non-hydrogen) atoms. The van der Waals surface area contributed by atoms with E-state index in [-0.39, 0.29) is 24.9 Å². The number of ether oxygens (including phenoxy) is 2. The van der Waals surface area contributed by atoms with Gasteiger partial charge < -0.3 is 14.6 Å². The van der Waals surface area contributed by atoms with E-state index >= 15 is 0 Å². The standard InChI is InChI=1S/C14H21NO3S/c1-9(2)17-5-4-13-15-11(7-16)14(18-13)12-6-10(3)8-19-12/h6,8-9,11,14,16H,4-5,7H2,1-3H3/t11-,14-/m1/s1. The Morgan fingerprint density at radius 3 is 2.89 bits per heavy atom. The first-order valence-corrected chi connectivity index (χ1v) is 7.49. The fourth-order valence-corrected chi connectivity index (χ4v) is 2.98. The Morgan fingerprint density at radius 2 is 2.32 bits per heavy atom. The largest absolute Gasteiger partial charge is 0.470 e. The van der Waals surface area contributed by atoms with E-state index in [9.17, 15) is 5.11 Å². The Balaban J connectivity index is 1.94. The molecule has 1 aliphatic rings. The highest BCUT2D eigenvalue weighted by molar-refractivity contribution is 7.10. The van der Waals surface area contributed by atoms with Crippen molar-refractivity contribution in [2.24, 2.45) is 4.99 Å². The maximum Gasteiger partial charge on any atom is 0.186 e. The molecule has 0 bridgehead atoms. The highest BCUT2D eigenvalue weighted by atomic mass is 32.1. The Morgan fingerprint density at radius 1 is 1.53 bits per heavy atom. The molecule has 5 heteroatoms. The summed E-state index contributed by atoms with van der Waals surface area (Å²) < 4.78 is 11.4. The third-order valence-corrected chi connectivity index (χ3v) is 4.02. The number of hydrogen-bond acceptors (Lipinski definition) is 5. The lowest BCUT2D eigenvalue weighted by Crippen LogP contribution is -2.17. The average molecular weight is 283 g/mol. The van der Waals surface area contributed by atoms with Crippen LogP contribution in [0.25, 0.3) is 0 Å². The second-order valence-corrected chi connectivity index (χ2v) is 5.95. The third kappa shape index (κ3) is 3.78. The molecule has 2 rings (SSSR count). The van der Waals surface area contributed by atoms with E-state index in [0.29, 0.717) is 18.9 Å². The molecule has 106 valence electrons. The number of aliphatic hydroxyl groups excluding tert-OH is 1. The predicted octanol–water partition coefficient (Wildman–Crippen LogP) is 2.70. The molecule has 0 spiro atoms. The van der Waals surface area contributed by atoms with Crippen molar-refractivity contribution in [1.82, 2.24) is 0 Å². The summed E-state index contributed by atoms with van der Waals surface area (Å²) in [5, 5.41) is 11.5. The molecule has 0 aromatic carbocycles. The molecule has 0 aliphatic carbocycles. The molecular formula is C14H21NO3S. The molecule has 2 atom stereocenters. The summed E-state index contributed by atoms with van der Waals surface area (Å²) in [6.45, 7) is 6.68. The average Bonchev–Trinajstić information content (AvgIpc) is 2.94. The Bertz CT molecular complexity index is 442. The summed E-state index contributed by atoms with van der Waals surface area (Å²) in [5.41, 5.74) is 1.22. The second kappa shape index (κ2) is 6.50. The van der Waals surface area contributed by atoms with Gasteiger partial charge in [-0.05, 0) is 37.8 Å². The van der Waals surface area contributed by atoms with Gasteiger partial charge in [0.25, 0.3) is 0 Å². The monoisotopic (exact) mass is 283 g/mol. The zero-order valence-electron chi connectivity index (χ0n) is 11.6. The first-order chi connectivity index (χ1) is 9.10. The zero-order valence-corrected chi connectivity index (χ0v) is 12.4. The van der Waals surface area contributed by atoms with Crippen molar-refractivity contribution in [1.29, 1.82) is 0 Å². The quantitative estimate of drug-likeness (QED) is 0.873. The first-order valence-electron chi connectivity index (χ1n) is 6.61. The van der Waals surface area contributed by atoms with Gasteiger partial charge >= 0.3 is 0 Å². The first kappa shape index (κ1) is 14.5. The number of aryl methyl sites for hydroxylation is 1. The Kier molecular flexibility index (Phi) is 4.96. The minimum Gasteiger partial charge on any atom is -0.470 e. The van der Waals surface area contributed by atoms with Crippen molar-refractivity contribution < 1.29 is 14.6 Å². The van der Waals surface area contributed by atoms with Gasteiger partial charge in [0, 0.05) is 11.3 Å². The van der Waals surface area contributed by atoms with Gasteiger partial charge in [0.2, 0.25) is 0 Å². The topological polar surface area (TPSA) is 51.0 Å². The predicted molar refractivity (Wildman–Crippen MR) is 76.9 cm³/mol. The summed E-state index contributed by atoms with van der Waals surface area (Å²) in [6, 6.07) is 1.91. The number of aliphatic hydroxyl groups is 1. The maximum absolute atomic E-state index is 9.42. The van der Waals surface area contributed by atoms with Crippen LogP contribution in [-0.4, -0.2) is 36.4 Å².